The lowest BCUT2D eigenvalue weighted by atomic mass is 10.0. The van der Waals surface area contributed by atoms with Gasteiger partial charge in [0.15, 0.2) is 11.5 Å². The number of nitrogens with zero attached hydrogens (tertiary/aromatic N) is 2. The molecule has 0 radical (unpaired) electrons. The molecule has 14 heteroatoms. The third-order valence-electron chi connectivity index (χ3n) is 7.39. The van der Waals surface area contributed by atoms with Gasteiger partial charge in [0, 0.05) is 49.7 Å². The largest absolute Gasteiger partial charge is 0.586 e. The molecule has 5 rings (SSSR count). The second kappa shape index (κ2) is 14.5. The molecule has 2 amide bonds. The Morgan fingerprint density at radius 2 is 1.58 bits per heavy atom. The predicted molar refractivity (Wildman–Crippen MR) is 170 cm³/mol. The van der Waals surface area contributed by atoms with Gasteiger partial charge in [0.05, 0.1) is 6.26 Å². The Labute approximate surface area is 268 Å². The van der Waals surface area contributed by atoms with E-state index in [4.69, 9.17) is 4.74 Å². The SMILES string of the molecule is CCCCN(C(=O)Nc1ccc2c(c1)OC(F)(F)O2)C1CCN(Cc2ccc(Oc3ccc(NS(C)(=O)=O)cc3)cc2)CC1.Cl. The minimum atomic E-state index is -3.71. The first-order valence-electron chi connectivity index (χ1n) is 14.5. The molecule has 2 aliphatic rings. The van der Waals surface area contributed by atoms with Gasteiger partial charge in [-0.1, -0.05) is 25.5 Å². The van der Waals surface area contributed by atoms with Gasteiger partial charge in [-0.3, -0.25) is 9.62 Å². The molecule has 1 fully saturated rings. The van der Waals surface area contributed by atoms with E-state index in [1.54, 1.807) is 24.3 Å². The van der Waals surface area contributed by atoms with Crippen molar-refractivity contribution in [3.05, 3.63) is 72.3 Å². The number of benzene rings is 3. The number of urea groups is 1. The summed E-state index contributed by atoms with van der Waals surface area (Å²) in [7, 11) is -3.34. The number of ether oxygens (including phenoxy) is 3. The summed E-state index contributed by atoms with van der Waals surface area (Å²) >= 11 is 0. The number of fused-ring (bicyclic) bond motifs is 1. The van der Waals surface area contributed by atoms with E-state index in [0.717, 1.165) is 57.1 Å². The molecule has 0 spiro atoms. The molecule has 2 N–H and O–H groups in total. The van der Waals surface area contributed by atoms with Crippen LogP contribution in [0.1, 0.15) is 38.2 Å². The Kier molecular flexibility index (Phi) is 11.0. The second-order valence-electron chi connectivity index (χ2n) is 11.0. The normalized spacial score (nSPS) is 16.0. The Morgan fingerprint density at radius 3 is 2.20 bits per heavy atom. The highest BCUT2D eigenvalue weighted by Gasteiger charge is 2.43. The number of unbranched alkanes of at least 4 members (excludes halogenated alkanes) is 1. The van der Waals surface area contributed by atoms with E-state index in [-0.39, 0.29) is 36.0 Å². The van der Waals surface area contributed by atoms with E-state index in [2.05, 4.69) is 31.3 Å². The van der Waals surface area contributed by atoms with Gasteiger partial charge in [-0.25, -0.2) is 13.2 Å². The van der Waals surface area contributed by atoms with Gasteiger partial charge in [-0.2, -0.15) is 0 Å². The van der Waals surface area contributed by atoms with Gasteiger partial charge >= 0.3 is 12.3 Å². The maximum atomic E-state index is 13.4. The highest BCUT2D eigenvalue weighted by atomic mass is 35.5. The Bertz CT molecular complexity index is 1550. The van der Waals surface area contributed by atoms with Crippen LogP contribution in [0.4, 0.5) is 25.0 Å². The lowest BCUT2D eigenvalue weighted by molar-refractivity contribution is -0.286. The van der Waals surface area contributed by atoms with Crippen LogP contribution in [0.25, 0.3) is 0 Å². The number of hydrogen-bond acceptors (Lipinski definition) is 7. The zero-order valence-corrected chi connectivity index (χ0v) is 26.6. The summed E-state index contributed by atoms with van der Waals surface area (Å²) in [6.45, 7) is 5.09. The van der Waals surface area contributed by atoms with Gasteiger partial charge in [0.25, 0.3) is 0 Å². The summed E-state index contributed by atoms with van der Waals surface area (Å²) in [5, 5.41) is 2.84. The van der Waals surface area contributed by atoms with Crippen molar-refractivity contribution in [2.75, 3.05) is 35.9 Å². The van der Waals surface area contributed by atoms with Gasteiger partial charge < -0.3 is 24.4 Å². The van der Waals surface area contributed by atoms with E-state index < -0.39 is 16.3 Å². The van der Waals surface area contributed by atoms with Crippen molar-refractivity contribution < 1.29 is 36.2 Å². The van der Waals surface area contributed by atoms with E-state index in [9.17, 15) is 22.0 Å². The van der Waals surface area contributed by atoms with Crippen LogP contribution >= 0.6 is 12.4 Å². The summed E-state index contributed by atoms with van der Waals surface area (Å²) < 4.78 is 66.8. The van der Waals surface area contributed by atoms with Crippen LogP contribution in [0.5, 0.6) is 23.0 Å². The monoisotopic (exact) mass is 666 g/mol. The van der Waals surface area contributed by atoms with Crippen molar-refractivity contribution in [2.45, 2.75) is 51.5 Å². The number of hydrogen-bond donors (Lipinski definition) is 2. The average molecular weight is 667 g/mol. The van der Waals surface area contributed by atoms with Crippen molar-refractivity contribution in [3.8, 4) is 23.0 Å². The number of amides is 2. The quantitative estimate of drug-likeness (QED) is 0.229. The molecule has 0 saturated carbocycles. The molecule has 3 aromatic carbocycles. The summed E-state index contributed by atoms with van der Waals surface area (Å²) in [4.78, 5) is 17.5. The fourth-order valence-corrected chi connectivity index (χ4v) is 5.82. The molecule has 244 valence electrons. The van der Waals surface area contributed by atoms with Crippen molar-refractivity contribution in [3.63, 3.8) is 0 Å². The minimum Gasteiger partial charge on any atom is -0.457 e. The molecule has 45 heavy (non-hydrogen) atoms. The smallest absolute Gasteiger partial charge is 0.457 e. The van der Waals surface area contributed by atoms with Crippen LogP contribution in [0.3, 0.4) is 0 Å². The number of carbonyl (C=O) groups is 1. The number of nitrogens with one attached hydrogen (secondary N) is 2. The van der Waals surface area contributed by atoms with E-state index in [1.807, 2.05) is 29.2 Å². The van der Waals surface area contributed by atoms with Crippen LogP contribution in [-0.2, 0) is 16.6 Å². The second-order valence-corrected chi connectivity index (χ2v) is 12.7. The topological polar surface area (TPSA) is 109 Å². The molecule has 0 aliphatic carbocycles. The zero-order valence-electron chi connectivity index (χ0n) is 25.0. The fourth-order valence-electron chi connectivity index (χ4n) is 5.25. The Morgan fingerprint density at radius 1 is 0.978 bits per heavy atom. The molecule has 3 aromatic rings. The molecule has 0 bridgehead atoms. The third-order valence-corrected chi connectivity index (χ3v) is 7.99. The number of anilines is 2. The van der Waals surface area contributed by atoms with Crippen molar-refractivity contribution >= 4 is 39.8 Å². The molecule has 0 atom stereocenters. The highest BCUT2D eigenvalue weighted by molar-refractivity contribution is 7.92. The molecule has 10 nitrogen and oxygen atoms in total. The number of sulfonamides is 1. The van der Waals surface area contributed by atoms with E-state index >= 15 is 0 Å². The molecule has 2 heterocycles. The summed E-state index contributed by atoms with van der Waals surface area (Å²) in [6.07, 6.45) is 0.815. The lowest BCUT2D eigenvalue weighted by Crippen LogP contribution is -2.49. The Balaban J connectivity index is 0.00000461. The molecule has 1 saturated heterocycles. The molecular weight excluding hydrogens is 630 g/mol. The first-order chi connectivity index (χ1) is 21.0. The number of carbonyl (C=O) groups excluding carboxylic acids is 1. The number of rotatable bonds is 11. The summed E-state index contributed by atoms with van der Waals surface area (Å²) in [5.74, 6) is 1.08. The van der Waals surface area contributed by atoms with E-state index in [0.29, 0.717) is 29.4 Å². The standard InChI is InChI=1S/C31H36F2N4O6S.ClH/c1-3-4-17-37(30(38)34-24-9-14-28-29(20-24)43-31(32,33)42-28)25-15-18-36(19-16-25)21-22-5-10-26(11-6-22)41-27-12-7-23(8-13-27)35-44(2,39)40;/h5-14,20,25,35H,3-4,15-19,21H2,1-2H3,(H,34,38);1H. The number of alkyl halides is 2. The summed E-state index contributed by atoms with van der Waals surface area (Å²) in [6, 6.07) is 18.5. The highest BCUT2D eigenvalue weighted by Crippen LogP contribution is 2.42. The predicted octanol–water partition coefficient (Wildman–Crippen LogP) is 6.89. The number of halogens is 3. The number of piperidine rings is 1. The first-order valence-corrected chi connectivity index (χ1v) is 16.4. The lowest BCUT2D eigenvalue weighted by Gasteiger charge is -2.38. The van der Waals surface area contributed by atoms with Crippen LogP contribution in [0, 0.1) is 0 Å². The van der Waals surface area contributed by atoms with Crippen molar-refractivity contribution in [1.29, 1.82) is 0 Å². The van der Waals surface area contributed by atoms with Crippen LogP contribution < -0.4 is 24.2 Å². The van der Waals surface area contributed by atoms with Crippen LogP contribution in [-0.4, -0.2) is 62.5 Å². The van der Waals surface area contributed by atoms with Crippen LogP contribution in [0.2, 0.25) is 0 Å². The maximum Gasteiger partial charge on any atom is 0.586 e. The first kappa shape index (κ1) is 34.1. The van der Waals surface area contributed by atoms with Crippen molar-refractivity contribution in [1.82, 2.24) is 9.80 Å². The third kappa shape index (κ3) is 9.59. The minimum absolute atomic E-state index is 0. The fraction of sp³-hybridized carbons (Fsp3) is 0.387. The maximum absolute atomic E-state index is 13.4. The molecule has 2 aliphatic heterocycles. The van der Waals surface area contributed by atoms with Crippen LogP contribution in [0.15, 0.2) is 66.7 Å². The number of likely N-dealkylation sites (tertiary alicyclic amines) is 1. The van der Waals surface area contributed by atoms with Gasteiger partial charge in [-0.15, -0.1) is 21.2 Å². The van der Waals surface area contributed by atoms with E-state index in [1.165, 1.54) is 18.2 Å². The molecule has 0 unspecified atom stereocenters. The van der Waals surface area contributed by atoms with Crippen molar-refractivity contribution in [2.24, 2.45) is 0 Å². The molecule has 0 aromatic heterocycles. The average Bonchev–Trinajstić information content (AvgIpc) is 3.28. The Hall–Kier alpha value is -3.81. The van der Waals surface area contributed by atoms with Gasteiger partial charge in [-0.05, 0) is 73.4 Å². The van der Waals surface area contributed by atoms with Gasteiger partial charge in [0.2, 0.25) is 10.0 Å². The van der Waals surface area contributed by atoms with Gasteiger partial charge in [0.1, 0.15) is 11.5 Å². The molecular formula is C31H37ClF2N4O6S. The zero-order chi connectivity index (χ0) is 31.3. The summed E-state index contributed by atoms with van der Waals surface area (Å²) in [5.41, 5.74) is 1.97.